The number of thioether (sulfide) groups is 1. The summed E-state index contributed by atoms with van der Waals surface area (Å²) in [6.45, 7) is 6.07. The molecule has 27 heavy (non-hydrogen) atoms. The van der Waals surface area contributed by atoms with E-state index in [1.165, 1.54) is 47.2 Å². The van der Waals surface area contributed by atoms with Crippen molar-refractivity contribution in [3.05, 3.63) is 48.0 Å². The molecule has 2 saturated heterocycles. The minimum absolute atomic E-state index is 0.439. The topological polar surface area (TPSA) is 21.7 Å². The van der Waals surface area contributed by atoms with Gasteiger partial charge in [-0.05, 0) is 41.5 Å². The number of nitrogens with zero attached hydrogens (tertiary/aromatic N) is 1. The minimum Gasteiger partial charge on any atom is -0.379 e. The average molecular weight is 386 g/mol. The second-order valence-corrected chi connectivity index (χ2v) is 8.81. The van der Waals surface area contributed by atoms with Gasteiger partial charge < -0.3 is 9.47 Å². The second-order valence-electron chi connectivity index (χ2n) is 7.66. The fourth-order valence-electron chi connectivity index (χ4n) is 4.28. The van der Waals surface area contributed by atoms with Crippen LogP contribution in [0.15, 0.2) is 42.5 Å². The van der Waals surface area contributed by atoms with Gasteiger partial charge in [0.25, 0.3) is 0 Å². The van der Waals surface area contributed by atoms with Crippen molar-refractivity contribution in [1.29, 1.82) is 0 Å². The number of morpholine rings is 1. The fraction of sp³-hybridized carbons (Fsp3) is 0.565. The van der Waals surface area contributed by atoms with E-state index in [2.05, 4.69) is 59.1 Å². The van der Waals surface area contributed by atoms with Crippen molar-refractivity contribution >= 4 is 22.5 Å². The SMILES string of the molecule is c1ccc2c(C(CSCCN3CCOCC3)CC3CCCO3)cccc2c1. The molecule has 2 aliphatic heterocycles. The number of benzene rings is 2. The third kappa shape index (κ3) is 5.26. The lowest BCUT2D eigenvalue weighted by Crippen LogP contribution is -2.37. The van der Waals surface area contributed by atoms with Gasteiger partial charge >= 0.3 is 0 Å². The summed E-state index contributed by atoms with van der Waals surface area (Å²) >= 11 is 2.10. The van der Waals surface area contributed by atoms with Gasteiger partial charge in [-0.1, -0.05) is 42.5 Å². The Kier molecular flexibility index (Phi) is 7.08. The van der Waals surface area contributed by atoms with Crippen LogP contribution in [0.25, 0.3) is 10.8 Å². The first-order chi connectivity index (χ1) is 13.4. The van der Waals surface area contributed by atoms with Gasteiger partial charge in [0.1, 0.15) is 0 Å². The fourth-order valence-corrected chi connectivity index (χ4v) is 5.44. The molecule has 2 atom stereocenters. The number of fused-ring (bicyclic) bond motifs is 1. The number of hydrogen-bond acceptors (Lipinski definition) is 4. The predicted octanol–water partition coefficient (Wildman–Crippen LogP) is 4.56. The highest BCUT2D eigenvalue weighted by atomic mass is 32.2. The molecule has 146 valence electrons. The van der Waals surface area contributed by atoms with Crippen LogP contribution in [0, 0.1) is 0 Å². The quantitative estimate of drug-likeness (QED) is 0.621. The third-order valence-corrected chi connectivity index (χ3v) is 6.92. The lowest BCUT2D eigenvalue weighted by Gasteiger charge is -2.27. The summed E-state index contributed by atoms with van der Waals surface area (Å²) in [6.07, 6.45) is 4.03. The molecule has 2 aliphatic rings. The van der Waals surface area contributed by atoms with Crippen molar-refractivity contribution in [2.75, 3.05) is 51.0 Å². The van der Waals surface area contributed by atoms with Crippen molar-refractivity contribution in [2.45, 2.75) is 31.3 Å². The van der Waals surface area contributed by atoms with Gasteiger partial charge in [0, 0.05) is 37.7 Å². The lowest BCUT2D eigenvalue weighted by molar-refractivity contribution is 0.0410. The van der Waals surface area contributed by atoms with Crippen molar-refractivity contribution < 1.29 is 9.47 Å². The maximum Gasteiger partial charge on any atom is 0.0594 e. The Balaban J connectivity index is 1.41. The lowest BCUT2D eigenvalue weighted by atomic mass is 9.90. The molecule has 4 rings (SSSR count). The van der Waals surface area contributed by atoms with E-state index in [-0.39, 0.29) is 0 Å². The molecule has 4 heteroatoms. The maximum atomic E-state index is 5.99. The Bertz CT molecular complexity index is 705. The number of hydrogen-bond donors (Lipinski definition) is 0. The van der Waals surface area contributed by atoms with Crippen LogP contribution in [0.4, 0.5) is 0 Å². The molecule has 0 aliphatic carbocycles. The number of ether oxygens (including phenoxy) is 2. The Morgan fingerprint density at radius 2 is 1.89 bits per heavy atom. The van der Waals surface area contributed by atoms with Crippen LogP contribution in [0.3, 0.4) is 0 Å². The van der Waals surface area contributed by atoms with E-state index in [9.17, 15) is 0 Å². The van der Waals surface area contributed by atoms with Crippen molar-refractivity contribution in [1.82, 2.24) is 4.90 Å². The van der Waals surface area contributed by atoms with E-state index in [0.717, 1.165) is 39.3 Å². The molecule has 0 N–H and O–H groups in total. The van der Waals surface area contributed by atoms with Crippen molar-refractivity contribution in [2.24, 2.45) is 0 Å². The van der Waals surface area contributed by atoms with Crippen LogP contribution in [0.1, 0.15) is 30.7 Å². The Morgan fingerprint density at radius 1 is 1.04 bits per heavy atom. The van der Waals surface area contributed by atoms with Crippen LogP contribution in [-0.2, 0) is 9.47 Å². The van der Waals surface area contributed by atoms with Gasteiger partial charge in [0.15, 0.2) is 0 Å². The van der Waals surface area contributed by atoms with Gasteiger partial charge in [-0.15, -0.1) is 0 Å². The van der Waals surface area contributed by atoms with Crippen LogP contribution in [0.5, 0.6) is 0 Å². The largest absolute Gasteiger partial charge is 0.379 e. The minimum atomic E-state index is 0.439. The summed E-state index contributed by atoms with van der Waals surface area (Å²) in [5.74, 6) is 2.94. The summed E-state index contributed by atoms with van der Waals surface area (Å²) in [4.78, 5) is 2.53. The summed E-state index contributed by atoms with van der Waals surface area (Å²) in [7, 11) is 0. The van der Waals surface area contributed by atoms with Crippen LogP contribution in [-0.4, -0.2) is 62.0 Å². The van der Waals surface area contributed by atoms with Crippen LogP contribution < -0.4 is 0 Å². The zero-order valence-corrected chi connectivity index (χ0v) is 17.0. The highest BCUT2D eigenvalue weighted by molar-refractivity contribution is 7.99. The molecule has 0 radical (unpaired) electrons. The van der Waals surface area contributed by atoms with Crippen molar-refractivity contribution in [3.63, 3.8) is 0 Å². The first-order valence-electron chi connectivity index (χ1n) is 10.4. The van der Waals surface area contributed by atoms with E-state index in [1.54, 1.807) is 0 Å². The monoisotopic (exact) mass is 385 g/mol. The number of rotatable bonds is 8. The normalized spacial score (nSPS) is 22.3. The molecular formula is C23H31NO2S. The molecule has 2 aromatic carbocycles. The van der Waals surface area contributed by atoms with Crippen molar-refractivity contribution in [3.8, 4) is 0 Å². The molecule has 2 fully saturated rings. The summed E-state index contributed by atoms with van der Waals surface area (Å²) in [5, 5.41) is 2.77. The Labute approximate surface area is 167 Å². The van der Waals surface area contributed by atoms with E-state index in [0.29, 0.717) is 12.0 Å². The van der Waals surface area contributed by atoms with Crippen LogP contribution in [0.2, 0.25) is 0 Å². The molecular weight excluding hydrogens is 354 g/mol. The summed E-state index contributed by atoms with van der Waals surface area (Å²) < 4.78 is 11.4. The molecule has 0 aromatic heterocycles. The average Bonchev–Trinajstić information content (AvgIpc) is 3.24. The predicted molar refractivity (Wildman–Crippen MR) is 115 cm³/mol. The zero-order valence-electron chi connectivity index (χ0n) is 16.1. The zero-order chi connectivity index (χ0) is 18.3. The van der Waals surface area contributed by atoms with Gasteiger partial charge in [0.2, 0.25) is 0 Å². The Hall–Kier alpha value is -1.07. The summed E-state index contributed by atoms with van der Waals surface area (Å²) in [5.41, 5.74) is 1.50. The van der Waals surface area contributed by atoms with E-state index >= 15 is 0 Å². The van der Waals surface area contributed by atoms with E-state index in [4.69, 9.17) is 9.47 Å². The highest BCUT2D eigenvalue weighted by Crippen LogP contribution is 2.34. The molecule has 2 unspecified atom stereocenters. The summed E-state index contributed by atoms with van der Waals surface area (Å²) in [6, 6.07) is 15.6. The molecule has 3 nitrogen and oxygen atoms in total. The molecule has 0 bridgehead atoms. The first-order valence-corrected chi connectivity index (χ1v) is 11.5. The molecule has 0 spiro atoms. The van der Waals surface area contributed by atoms with Crippen LogP contribution >= 0.6 is 11.8 Å². The molecule has 0 saturated carbocycles. The van der Waals surface area contributed by atoms with E-state index < -0.39 is 0 Å². The van der Waals surface area contributed by atoms with Gasteiger partial charge in [-0.2, -0.15) is 11.8 Å². The molecule has 2 aromatic rings. The van der Waals surface area contributed by atoms with E-state index in [1.807, 2.05) is 0 Å². The molecule has 2 heterocycles. The van der Waals surface area contributed by atoms with Gasteiger partial charge in [0.05, 0.1) is 19.3 Å². The molecule has 0 amide bonds. The second kappa shape index (κ2) is 9.92. The highest BCUT2D eigenvalue weighted by Gasteiger charge is 2.23. The Morgan fingerprint density at radius 3 is 2.74 bits per heavy atom. The maximum absolute atomic E-state index is 5.99. The first kappa shape index (κ1) is 19.3. The standard InChI is InChI=1S/C23H31NO2S/c1-2-8-22-19(5-1)6-3-9-23(22)20(17-21-7-4-13-26-21)18-27-16-12-24-10-14-25-15-11-24/h1-3,5-6,8-9,20-21H,4,7,10-18H2. The third-order valence-electron chi connectivity index (χ3n) is 5.81. The van der Waals surface area contributed by atoms with Gasteiger partial charge in [-0.3, -0.25) is 4.90 Å². The van der Waals surface area contributed by atoms with Gasteiger partial charge in [-0.25, -0.2) is 0 Å². The smallest absolute Gasteiger partial charge is 0.0594 e.